The van der Waals surface area contributed by atoms with Gasteiger partial charge in [0.2, 0.25) is 0 Å². The van der Waals surface area contributed by atoms with Crippen LogP contribution < -0.4 is 0 Å². The van der Waals surface area contributed by atoms with Crippen LogP contribution in [0.4, 0.5) is 0 Å². The molecule has 0 aromatic rings. The molecule has 0 aliphatic heterocycles. The molecule has 3 heteroatoms. The van der Waals surface area contributed by atoms with Crippen LogP contribution in [-0.2, 0) is 4.74 Å². The van der Waals surface area contributed by atoms with Crippen molar-refractivity contribution in [1.29, 1.82) is 0 Å². The zero-order chi connectivity index (χ0) is 6.95. The van der Waals surface area contributed by atoms with E-state index in [1.54, 1.807) is 0 Å². The first-order valence-electron chi connectivity index (χ1n) is 3.58. The fourth-order valence-electron chi connectivity index (χ4n) is 0.510. The Bertz CT molecular complexity index is 45.4. The van der Waals surface area contributed by atoms with Crippen LogP contribution in [0, 0.1) is 91.1 Å². The zero-order valence-electron chi connectivity index (χ0n) is 6.73. The van der Waals surface area contributed by atoms with Crippen LogP contribution in [0.2, 0.25) is 0 Å². The molecule has 0 fully saturated rings. The number of unbranched alkanes of at least 4 members (excludes halogenated alkanes) is 2. The van der Waals surface area contributed by atoms with Crippen LogP contribution in [0.1, 0.15) is 25.7 Å². The molecule has 0 aliphatic carbocycles. The molecule has 0 rings (SSSR count). The average molecular weight is 446 g/mol. The van der Waals surface area contributed by atoms with Crippen molar-refractivity contribution in [3.63, 3.8) is 0 Å². The monoisotopic (exact) mass is 446 g/mol. The first-order chi connectivity index (χ1) is 4.41. The van der Waals surface area contributed by atoms with Crippen molar-refractivity contribution >= 4 is 0 Å². The number of ether oxygens (including phenoxy) is 1. The van der Waals surface area contributed by atoms with Crippen LogP contribution in [0.3, 0.4) is 0 Å². The van der Waals surface area contributed by atoms with E-state index in [-0.39, 0.29) is 77.2 Å². The molecule has 74 valence electrons. The van der Waals surface area contributed by atoms with Gasteiger partial charge in [-0.1, -0.05) is 12.8 Å². The smallest absolute Gasteiger partial charge is 0.0441 e. The van der Waals surface area contributed by atoms with E-state index in [2.05, 4.69) is 13.8 Å². The second-order valence-electron chi connectivity index (χ2n) is 2.03. The third-order valence-corrected chi connectivity index (χ3v) is 1.08. The normalized spacial score (nSPS) is 8.18. The van der Waals surface area contributed by atoms with E-state index in [4.69, 9.17) is 4.74 Å². The summed E-state index contributed by atoms with van der Waals surface area (Å²) in [6, 6.07) is 0. The molecule has 0 N–H and O–H groups in total. The van der Waals surface area contributed by atoms with Gasteiger partial charge in [0.15, 0.2) is 0 Å². The van der Waals surface area contributed by atoms with E-state index in [0.717, 1.165) is 38.9 Å². The van der Waals surface area contributed by atoms with Gasteiger partial charge in [0.1, 0.15) is 0 Å². The van der Waals surface area contributed by atoms with Crippen molar-refractivity contribution in [3.05, 3.63) is 13.8 Å². The summed E-state index contributed by atoms with van der Waals surface area (Å²) < 4.78 is 5.23. The maximum absolute atomic E-state index is 5.23. The molecule has 11 heavy (non-hydrogen) atoms. The Morgan fingerprint density at radius 1 is 0.818 bits per heavy atom. The van der Waals surface area contributed by atoms with Crippen molar-refractivity contribution in [3.8, 4) is 0 Å². The van der Waals surface area contributed by atoms with Gasteiger partial charge < -0.3 is 18.6 Å². The van der Waals surface area contributed by atoms with E-state index < -0.39 is 0 Å². The first kappa shape index (κ1) is 19.2. The summed E-state index contributed by atoms with van der Waals surface area (Å²) in [6.07, 6.45) is 4.11. The van der Waals surface area contributed by atoms with E-state index >= 15 is 0 Å². The van der Waals surface area contributed by atoms with E-state index in [1.165, 1.54) is 0 Å². The van der Waals surface area contributed by atoms with Gasteiger partial charge in [0.25, 0.3) is 0 Å². The van der Waals surface area contributed by atoms with Crippen molar-refractivity contribution in [2.45, 2.75) is 25.7 Å². The Labute approximate surface area is 132 Å². The van der Waals surface area contributed by atoms with Crippen molar-refractivity contribution in [2.75, 3.05) is 13.2 Å². The van der Waals surface area contributed by atoms with Gasteiger partial charge in [-0.3, -0.25) is 0 Å². The van der Waals surface area contributed by atoms with Gasteiger partial charge in [-0.05, 0) is 0 Å². The molecule has 0 aromatic heterocycles. The van der Waals surface area contributed by atoms with Gasteiger partial charge >= 0.3 is 0 Å². The van der Waals surface area contributed by atoms with Crippen molar-refractivity contribution in [1.82, 2.24) is 0 Å². The Kier molecular flexibility index (Phi) is 31.9. The second-order valence-corrected chi connectivity index (χ2v) is 2.03. The fraction of sp³-hybridized carbons (Fsp3) is 0.750. The molecular weight excluding hydrogens is 430 g/mol. The van der Waals surface area contributed by atoms with Crippen LogP contribution in [0.15, 0.2) is 0 Å². The Morgan fingerprint density at radius 2 is 1.18 bits per heavy atom. The van der Waals surface area contributed by atoms with Crippen molar-refractivity contribution < 1.29 is 82.0 Å². The van der Waals surface area contributed by atoms with Gasteiger partial charge in [-0.15, -0.1) is 0 Å². The summed E-state index contributed by atoms with van der Waals surface area (Å²) in [6.45, 7) is 9.15. The number of rotatable bonds is 6. The largest absolute Gasteiger partial charge is 0.382 e. The Morgan fingerprint density at radius 3 is 1.45 bits per heavy atom. The van der Waals surface area contributed by atoms with Gasteiger partial charge in [-0.2, -0.15) is 12.8 Å². The van der Waals surface area contributed by atoms with E-state index in [9.17, 15) is 0 Å². The topological polar surface area (TPSA) is 9.23 Å². The SMILES string of the molecule is [CH2-]CCCOCCC[CH2-].[Tb].[Tb]. The number of hydrogen-bond acceptors (Lipinski definition) is 1. The molecule has 0 bridgehead atoms. The summed E-state index contributed by atoms with van der Waals surface area (Å²) in [4.78, 5) is 0. The van der Waals surface area contributed by atoms with Crippen molar-refractivity contribution in [2.24, 2.45) is 0 Å². The molecule has 0 heterocycles. The minimum atomic E-state index is 0. The van der Waals surface area contributed by atoms with E-state index in [1.807, 2.05) is 0 Å². The summed E-state index contributed by atoms with van der Waals surface area (Å²) in [7, 11) is 0. The molecule has 1 nitrogen and oxygen atoms in total. The van der Waals surface area contributed by atoms with E-state index in [0.29, 0.717) is 0 Å². The molecular formula is C8H16OTb2-2. The first-order valence-corrected chi connectivity index (χ1v) is 3.58. The summed E-state index contributed by atoms with van der Waals surface area (Å²) in [5.41, 5.74) is 0. The van der Waals surface area contributed by atoms with Crippen LogP contribution >= 0.6 is 0 Å². The van der Waals surface area contributed by atoms with Crippen LogP contribution in [-0.4, -0.2) is 13.2 Å². The zero-order valence-corrected chi connectivity index (χ0v) is 11.0. The minimum Gasteiger partial charge on any atom is -0.382 e. The van der Waals surface area contributed by atoms with Crippen LogP contribution in [0.5, 0.6) is 0 Å². The Balaban J connectivity index is -0.000000320. The summed E-state index contributed by atoms with van der Waals surface area (Å²) in [5, 5.41) is 0. The van der Waals surface area contributed by atoms with Crippen LogP contribution in [0.25, 0.3) is 0 Å². The molecule has 0 unspecified atom stereocenters. The average Bonchev–Trinajstić information content (AvgIpc) is 1.89. The minimum absolute atomic E-state index is 0. The predicted octanol–water partition coefficient (Wildman–Crippen LogP) is 2.23. The fourth-order valence-corrected chi connectivity index (χ4v) is 0.510. The molecule has 0 aliphatic rings. The Hall–Kier alpha value is 2.53. The predicted molar refractivity (Wildman–Crippen MR) is 40.0 cm³/mol. The molecule has 0 amide bonds. The molecule has 0 saturated heterocycles. The molecule has 0 atom stereocenters. The molecule has 0 spiro atoms. The maximum atomic E-state index is 5.23. The molecule has 0 aromatic carbocycles. The second kappa shape index (κ2) is 18.3. The maximum Gasteiger partial charge on any atom is 0.0441 e. The van der Waals surface area contributed by atoms with Gasteiger partial charge in [-0.25, -0.2) is 0 Å². The summed E-state index contributed by atoms with van der Waals surface area (Å²) >= 11 is 0. The number of hydrogen-bond donors (Lipinski definition) is 0. The third-order valence-electron chi connectivity index (χ3n) is 1.08. The molecule has 2 radical (unpaired) electrons. The summed E-state index contributed by atoms with van der Waals surface area (Å²) in [5.74, 6) is 0. The standard InChI is InChI=1S/C8H16O.2Tb/c1-3-5-7-9-8-6-4-2;;/h1-8H2;;/q-2;;. The van der Waals surface area contributed by atoms with Gasteiger partial charge in [0.05, 0.1) is 0 Å². The third kappa shape index (κ3) is 19.1. The molecule has 0 saturated carbocycles. The van der Waals surface area contributed by atoms with Gasteiger partial charge in [0, 0.05) is 90.4 Å². The quantitative estimate of drug-likeness (QED) is 0.450.